The van der Waals surface area contributed by atoms with Crippen molar-refractivity contribution in [3.8, 4) is 17.1 Å². The van der Waals surface area contributed by atoms with Crippen LogP contribution in [0.25, 0.3) is 11.3 Å². The number of benzene rings is 1. The summed E-state index contributed by atoms with van der Waals surface area (Å²) in [5.41, 5.74) is 0.106. The van der Waals surface area contributed by atoms with Crippen LogP contribution < -0.4 is 10.2 Å². The Labute approximate surface area is 163 Å². The predicted octanol–water partition coefficient (Wildman–Crippen LogP) is 4.11. The number of aromatic nitrogens is 2. The lowest BCUT2D eigenvalue weighted by Crippen LogP contribution is -2.22. The van der Waals surface area contributed by atoms with Crippen molar-refractivity contribution < 1.29 is 19.1 Å². The topological polar surface area (TPSA) is 94.6 Å². The molecule has 0 aliphatic carbocycles. The number of carboxylic acids is 1. The number of nitrogens with zero attached hydrogens (tertiary/aromatic N) is 2. The van der Waals surface area contributed by atoms with Gasteiger partial charge in [0.05, 0.1) is 15.7 Å². The average molecular weight is 409 g/mol. The van der Waals surface area contributed by atoms with Crippen molar-refractivity contribution in [2.45, 2.75) is 20.1 Å². The predicted molar refractivity (Wildman–Crippen MR) is 99.6 cm³/mol. The lowest BCUT2D eigenvalue weighted by molar-refractivity contribution is 0.0695. The number of aromatic carboxylic acids is 1. The van der Waals surface area contributed by atoms with E-state index in [1.165, 1.54) is 24.8 Å². The minimum atomic E-state index is -1.34. The second-order valence-electron chi connectivity index (χ2n) is 5.52. The lowest BCUT2D eigenvalue weighted by atomic mass is 10.0. The van der Waals surface area contributed by atoms with Gasteiger partial charge in [-0.2, -0.15) is 0 Å². The van der Waals surface area contributed by atoms with Crippen LogP contribution in [-0.4, -0.2) is 20.6 Å². The van der Waals surface area contributed by atoms with Crippen molar-refractivity contribution in [3.63, 3.8) is 0 Å². The number of pyridine rings is 1. The molecule has 0 amide bonds. The Morgan fingerprint density at radius 3 is 2.67 bits per heavy atom. The van der Waals surface area contributed by atoms with Crippen LogP contribution in [-0.2, 0) is 13.2 Å². The fourth-order valence-corrected chi connectivity index (χ4v) is 2.96. The molecule has 0 spiro atoms. The number of ether oxygens (including phenoxy) is 1. The van der Waals surface area contributed by atoms with E-state index in [0.717, 1.165) is 6.07 Å². The Balaban J connectivity index is 2.19. The number of halogens is 2. The highest BCUT2D eigenvalue weighted by Crippen LogP contribution is 2.32. The van der Waals surface area contributed by atoms with Crippen LogP contribution in [0.4, 0.5) is 0 Å². The third kappa shape index (κ3) is 3.84. The first kappa shape index (κ1) is 19.0. The van der Waals surface area contributed by atoms with Gasteiger partial charge in [-0.3, -0.25) is 4.79 Å². The van der Waals surface area contributed by atoms with Gasteiger partial charge in [-0.15, -0.1) is 0 Å². The number of rotatable bonds is 6. The zero-order chi connectivity index (χ0) is 19.6. The molecule has 2 aromatic heterocycles. The minimum absolute atomic E-state index is 0.0587. The Morgan fingerprint density at radius 1 is 1.30 bits per heavy atom. The Hall–Kier alpha value is -2.77. The molecule has 0 unspecified atom stereocenters. The fourth-order valence-electron chi connectivity index (χ4n) is 2.66. The number of carbonyl (C=O) groups is 1. The van der Waals surface area contributed by atoms with Gasteiger partial charge in [0.1, 0.15) is 24.1 Å². The molecule has 2 heterocycles. The van der Waals surface area contributed by atoms with Gasteiger partial charge >= 0.3 is 5.97 Å². The van der Waals surface area contributed by atoms with Crippen LogP contribution in [0.15, 0.2) is 46.1 Å². The summed E-state index contributed by atoms with van der Waals surface area (Å²) < 4.78 is 12.2. The monoisotopic (exact) mass is 408 g/mol. The maximum atomic E-state index is 12.5. The summed E-state index contributed by atoms with van der Waals surface area (Å²) in [5.74, 6) is -1.14. The first-order valence-electron chi connectivity index (χ1n) is 7.88. The summed E-state index contributed by atoms with van der Waals surface area (Å²) >= 11 is 12.0. The molecular formula is C18H14Cl2N2O5. The maximum Gasteiger partial charge on any atom is 0.341 e. The van der Waals surface area contributed by atoms with Crippen LogP contribution in [0.3, 0.4) is 0 Å². The summed E-state index contributed by atoms with van der Waals surface area (Å²) in [4.78, 5) is 28.2. The van der Waals surface area contributed by atoms with E-state index in [0.29, 0.717) is 22.8 Å². The molecular weight excluding hydrogens is 395 g/mol. The quantitative estimate of drug-likeness (QED) is 0.659. The van der Waals surface area contributed by atoms with Crippen LogP contribution in [0, 0.1) is 0 Å². The van der Waals surface area contributed by atoms with Crippen molar-refractivity contribution in [2.24, 2.45) is 0 Å². The van der Waals surface area contributed by atoms with Gasteiger partial charge in [0.15, 0.2) is 12.3 Å². The Bertz CT molecular complexity index is 1040. The van der Waals surface area contributed by atoms with Crippen molar-refractivity contribution in [1.29, 1.82) is 0 Å². The van der Waals surface area contributed by atoms with Gasteiger partial charge in [-0.1, -0.05) is 29.3 Å². The largest absolute Gasteiger partial charge is 0.477 e. The molecule has 0 aliphatic heterocycles. The molecule has 0 saturated heterocycles. The van der Waals surface area contributed by atoms with E-state index in [1.54, 1.807) is 17.6 Å². The zero-order valence-corrected chi connectivity index (χ0v) is 15.6. The first-order chi connectivity index (χ1) is 12.9. The van der Waals surface area contributed by atoms with Crippen molar-refractivity contribution in [3.05, 3.63) is 68.4 Å². The van der Waals surface area contributed by atoms with Crippen molar-refractivity contribution >= 4 is 29.2 Å². The standard InChI is InChI=1S/C18H14Cl2N2O5/c1-2-22-15(27-8-11-7-26-9-21-11)6-14(23)16(18(24)25)17(22)10-3-4-12(19)13(20)5-10/h3-7,9H,2,8H2,1H3,(H,24,25). The third-order valence-corrected chi connectivity index (χ3v) is 4.59. The van der Waals surface area contributed by atoms with Gasteiger partial charge in [0.2, 0.25) is 5.43 Å². The molecule has 7 nitrogen and oxygen atoms in total. The second-order valence-corrected chi connectivity index (χ2v) is 6.33. The third-order valence-electron chi connectivity index (χ3n) is 3.85. The van der Waals surface area contributed by atoms with Gasteiger partial charge in [0.25, 0.3) is 0 Å². The van der Waals surface area contributed by atoms with Gasteiger partial charge < -0.3 is 18.8 Å². The van der Waals surface area contributed by atoms with Gasteiger partial charge in [0, 0.05) is 18.2 Å². The molecule has 0 aliphatic rings. The molecule has 0 fully saturated rings. The van der Waals surface area contributed by atoms with Crippen molar-refractivity contribution in [1.82, 2.24) is 9.55 Å². The van der Waals surface area contributed by atoms with Crippen LogP contribution in [0.5, 0.6) is 5.88 Å². The summed E-state index contributed by atoms with van der Waals surface area (Å²) in [6, 6.07) is 5.80. The molecule has 140 valence electrons. The summed E-state index contributed by atoms with van der Waals surface area (Å²) in [7, 11) is 0. The molecule has 3 aromatic rings. The summed E-state index contributed by atoms with van der Waals surface area (Å²) in [5, 5.41) is 10.2. The first-order valence-corrected chi connectivity index (χ1v) is 8.64. The molecule has 27 heavy (non-hydrogen) atoms. The van der Waals surface area contributed by atoms with E-state index >= 15 is 0 Å². The number of hydrogen-bond donors (Lipinski definition) is 1. The smallest absolute Gasteiger partial charge is 0.341 e. The Morgan fingerprint density at radius 2 is 2.07 bits per heavy atom. The highest BCUT2D eigenvalue weighted by molar-refractivity contribution is 6.42. The van der Waals surface area contributed by atoms with E-state index in [-0.39, 0.29) is 28.8 Å². The van der Waals surface area contributed by atoms with Crippen LogP contribution in [0.1, 0.15) is 23.0 Å². The molecule has 9 heteroatoms. The average Bonchev–Trinajstić information content (AvgIpc) is 3.14. The molecule has 0 radical (unpaired) electrons. The molecule has 1 N–H and O–H groups in total. The fraction of sp³-hybridized carbons (Fsp3) is 0.167. The van der Waals surface area contributed by atoms with Gasteiger partial charge in [-0.25, -0.2) is 9.78 Å². The zero-order valence-electron chi connectivity index (χ0n) is 14.1. The molecule has 3 rings (SSSR count). The highest BCUT2D eigenvalue weighted by atomic mass is 35.5. The highest BCUT2D eigenvalue weighted by Gasteiger charge is 2.23. The second kappa shape index (κ2) is 7.85. The number of oxazole rings is 1. The van der Waals surface area contributed by atoms with E-state index in [4.69, 9.17) is 32.4 Å². The summed E-state index contributed by atoms with van der Waals surface area (Å²) in [6.45, 7) is 2.22. The lowest BCUT2D eigenvalue weighted by Gasteiger charge is -2.19. The SMILES string of the molecule is CCn1c(OCc2cocn2)cc(=O)c(C(=O)O)c1-c1ccc(Cl)c(Cl)c1. The van der Waals surface area contributed by atoms with Crippen LogP contribution in [0.2, 0.25) is 10.0 Å². The molecule has 0 bridgehead atoms. The minimum Gasteiger partial charge on any atom is -0.477 e. The Kier molecular flexibility index (Phi) is 5.53. The van der Waals surface area contributed by atoms with E-state index in [1.807, 2.05) is 0 Å². The summed E-state index contributed by atoms with van der Waals surface area (Å²) in [6.07, 6.45) is 2.68. The van der Waals surface area contributed by atoms with E-state index in [2.05, 4.69) is 4.98 Å². The normalized spacial score (nSPS) is 10.8. The van der Waals surface area contributed by atoms with Crippen LogP contribution >= 0.6 is 23.2 Å². The number of carboxylic acid groups (broad SMARTS) is 1. The maximum absolute atomic E-state index is 12.5. The van der Waals surface area contributed by atoms with E-state index < -0.39 is 11.4 Å². The van der Waals surface area contributed by atoms with E-state index in [9.17, 15) is 14.7 Å². The van der Waals surface area contributed by atoms with Gasteiger partial charge in [-0.05, 0) is 19.1 Å². The van der Waals surface area contributed by atoms with Crippen molar-refractivity contribution in [2.75, 3.05) is 0 Å². The molecule has 0 saturated carbocycles. The molecule has 0 atom stereocenters. The number of hydrogen-bond acceptors (Lipinski definition) is 5. The molecule has 1 aromatic carbocycles.